The van der Waals surface area contributed by atoms with Gasteiger partial charge in [-0.15, -0.1) is 0 Å². The molecule has 1 rings (SSSR count). The summed E-state index contributed by atoms with van der Waals surface area (Å²) in [6, 6.07) is 6.09. The van der Waals surface area contributed by atoms with Crippen LogP contribution in [0.3, 0.4) is 0 Å². The Balaban J connectivity index is 2.40. The van der Waals surface area contributed by atoms with E-state index in [1.54, 1.807) is 24.3 Å². The molecule has 0 radical (unpaired) electrons. The number of carbonyl (C=O) groups is 1. The molecule has 0 aliphatic rings. The van der Waals surface area contributed by atoms with Crippen LogP contribution < -0.4 is 16.8 Å². The molecule has 0 unspecified atom stereocenters. The lowest BCUT2D eigenvalue weighted by Crippen LogP contribution is -2.42. The summed E-state index contributed by atoms with van der Waals surface area (Å²) < 4.78 is 0. The first-order chi connectivity index (χ1) is 8.13. The average molecular weight is 237 g/mol. The number of aromatic hydroxyl groups is 1. The van der Waals surface area contributed by atoms with Crippen LogP contribution >= 0.6 is 0 Å². The Hall–Kier alpha value is -1.59. The van der Waals surface area contributed by atoms with Gasteiger partial charge in [0.1, 0.15) is 5.75 Å². The second kappa shape index (κ2) is 6.88. The Morgan fingerprint density at radius 2 is 2.00 bits per heavy atom. The van der Waals surface area contributed by atoms with Crippen LogP contribution in [0, 0.1) is 0 Å². The van der Waals surface area contributed by atoms with E-state index >= 15 is 0 Å². The molecule has 0 fully saturated rings. The largest absolute Gasteiger partial charge is 0.508 e. The Bertz CT molecular complexity index is 351. The van der Waals surface area contributed by atoms with E-state index in [1.807, 2.05) is 0 Å². The molecule has 0 bridgehead atoms. The molecule has 0 spiro atoms. The third-order valence-corrected chi connectivity index (χ3v) is 2.41. The Kier molecular flexibility index (Phi) is 5.45. The van der Waals surface area contributed by atoms with Gasteiger partial charge in [0.05, 0.1) is 6.04 Å². The number of benzene rings is 1. The third kappa shape index (κ3) is 4.84. The fraction of sp³-hybridized carbons (Fsp3) is 0.417. The lowest BCUT2D eigenvalue weighted by Gasteiger charge is -2.12. The van der Waals surface area contributed by atoms with Crippen molar-refractivity contribution in [2.24, 2.45) is 11.5 Å². The molecule has 94 valence electrons. The highest BCUT2D eigenvalue weighted by Crippen LogP contribution is 2.10. The summed E-state index contributed by atoms with van der Waals surface area (Å²) in [7, 11) is 0. The Morgan fingerprint density at radius 3 is 2.59 bits per heavy atom. The van der Waals surface area contributed by atoms with Crippen LogP contribution in [0.5, 0.6) is 5.75 Å². The van der Waals surface area contributed by atoms with Crippen molar-refractivity contribution in [3.8, 4) is 5.75 Å². The molecule has 1 aromatic carbocycles. The first-order valence-electron chi connectivity index (χ1n) is 5.64. The summed E-state index contributed by atoms with van der Waals surface area (Å²) in [5.41, 5.74) is 12.0. The number of hydrogen-bond donors (Lipinski definition) is 4. The van der Waals surface area contributed by atoms with Crippen molar-refractivity contribution in [2.75, 3.05) is 13.1 Å². The van der Waals surface area contributed by atoms with Crippen LogP contribution in [0.15, 0.2) is 24.3 Å². The fourth-order valence-electron chi connectivity index (χ4n) is 1.42. The minimum absolute atomic E-state index is 0.175. The third-order valence-electron chi connectivity index (χ3n) is 2.41. The van der Waals surface area contributed by atoms with E-state index in [0.717, 1.165) is 12.0 Å². The predicted molar refractivity (Wildman–Crippen MR) is 66.5 cm³/mol. The van der Waals surface area contributed by atoms with Gasteiger partial charge in [-0.2, -0.15) is 0 Å². The monoisotopic (exact) mass is 237 g/mol. The van der Waals surface area contributed by atoms with Crippen LogP contribution in [0.4, 0.5) is 0 Å². The number of amides is 1. The standard InChI is InChI=1S/C12H19N3O2/c13-6-1-7-15-12(17)11(14)8-9-2-4-10(16)5-3-9/h2-5,11,16H,1,6-8,13-14H2,(H,15,17)/t11-/m1/s1. The summed E-state index contributed by atoms with van der Waals surface area (Å²) in [6.45, 7) is 1.10. The van der Waals surface area contributed by atoms with E-state index in [9.17, 15) is 4.79 Å². The first-order valence-corrected chi connectivity index (χ1v) is 5.64. The van der Waals surface area contributed by atoms with E-state index in [-0.39, 0.29) is 11.7 Å². The van der Waals surface area contributed by atoms with Crippen molar-refractivity contribution in [2.45, 2.75) is 18.9 Å². The SMILES string of the molecule is NCCCNC(=O)[C@H](N)Cc1ccc(O)cc1. The zero-order valence-corrected chi connectivity index (χ0v) is 9.73. The molecule has 0 heterocycles. The molecule has 1 atom stereocenters. The molecule has 17 heavy (non-hydrogen) atoms. The van der Waals surface area contributed by atoms with Gasteiger partial charge in [0.25, 0.3) is 0 Å². The van der Waals surface area contributed by atoms with Gasteiger partial charge in [0, 0.05) is 6.54 Å². The minimum Gasteiger partial charge on any atom is -0.508 e. The highest BCUT2D eigenvalue weighted by molar-refractivity contribution is 5.81. The van der Waals surface area contributed by atoms with Crippen molar-refractivity contribution >= 4 is 5.91 Å². The second-order valence-electron chi connectivity index (χ2n) is 3.91. The van der Waals surface area contributed by atoms with Gasteiger partial charge in [-0.05, 0) is 37.1 Å². The maximum absolute atomic E-state index is 11.6. The van der Waals surface area contributed by atoms with Crippen LogP contribution in [-0.2, 0) is 11.2 Å². The maximum Gasteiger partial charge on any atom is 0.237 e. The van der Waals surface area contributed by atoms with Crippen molar-refractivity contribution in [1.82, 2.24) is 5.32 Å². The summed E-state index contributed by atoms with van der Waals surface area (Å²) in [5.74, 6) is 0.0289. The van der Waals surface area contributed by atoms with Crippen LogP contribution in [-0.4, -0.2) is 30.1 Å². The van der Waals surface area contributed by atoms with E-state index in [0.29, 0.717) is 19.5 Å². The number of hydrogen-bond acceptors (Lipinski definition) is 4. The average Bonchev–Trinajstić information content (AvgIpc) is 2.32. The van der Waals surface area contributed by atoms with Crippen LogP contribution in [0.25, 0.3) is 0 Å². The molecule has 0 aliphatic carbocycles. The molecule has 0 aromatic heterocycles. The van der Waals surface area contributed by atoms with Gasteiger partial charge in [0.15, 0.2) is 0 Å². The highest BCUT2D eigenvalue weighted by atomic mass is 16.3. The van der Waals surface area contributed by atoms with Crippen molar-refractivity contribution < 1.29 is 9.90 Å². The highest BCUT2D eigenvalue weighted by Gasteiger charge is 2.13. The Morgan fingerprint density at radius 1 is 1.35 bits per heavy atom. The molecule has 0 aliphatic heterocycles. The van der Waals surface area contributed by atoms with Crippen LogP contribution in [0.1, 0.15) is 12.0 Å². The summed E-state index contributed by atoms with van der Waals surface area (Å²) in [4.78, 5) is 11.6. The van der Waals surface area contributed by atoms with Crippen molar-refractivity contribution in [1.29, 1.82) is 0 Å². The number of rotatable bonds is 6. The van der Waals surface area contributed by atoms with Gasteiger partial charge in [-0.1, -0.05) is 12.1 Å². The van der Waals surface area contributed by atoms with Gasteiger partial charge >= 0.3 is 0 Å². The maximum atomic E-state index is 11.6. The molecule has 1 amide bonds. The van der Waals surface area contributed by atoms with Gasteiger partial charge in [0.2, 0.25) is 5.91 Å². The van der Waals surface area contributed by atoms with Gasteiger partial charge in [-0.25, -0.2) is 0 Å². The summed E-state index contributed by atoms with van der Waals surface area (Å²) >= 11 is 0. The molecule has 0 saturated heterocycles. The predicted octanol–water partition coefficient (Wildman–Crippen LogP) is -0.273. The number of carbonyl (C=O) groups excluding carboxylic acids is 1. The second-order valence-corrected chi connectivity index (χ2v) is 3.91. The van der Waals surface area contributed by atoms with Crippen LogP contribution in [0.2, 0.25) is 0 Å². The normalized spacial score (nSPS) is 12.1. The lowest BCUT2D eigenvalue weighted by molar-refractivity contribution is -0.122. The van der Waals surface area contributed by atoms with E-state index in [1.165, 1.54) is 0 Å². The molecule has 5 heteroatoms. The first kappa shape index (κ1) is 13.5. The number of phenols is 1. The molecule has 1 aromatic rings. The molecular weight excluding hydrogens is 218 g/mol. The fourth-order valence-corrected chi connectivity index (χ4v) is 1.42. The summed E-state index contributed by atoms with van der Waals surface area (Å²) in [6.07, 6.45) is 1.20. The zero-order chi connectivity index (χ0) is 12.7. The number of phenolic OH excluding ortho intramolecular Hbond substituents is 1. The van der Waals surface area contributed by atoms with E-state index in [4.69, 9.17) is 16.6 Å². The van der Waals surface area contributed by atoms with Gasteiger partial charge in [-0.3, -0.25) is 4.79 Å². The van der Waals surface area contributed by atoms with Crippen molar-refractivity contribution in [3.05, 3.63) is 29.8 Å². The van der Waals surface area contributed by atoms with Gasteiger partial charge < -0.3 is 21.9 Å². The van der Waals surface area contributed by atoms with E-state index < -0.39 is 6.04 Å². The quantitative estimate of drug-likeness (QED) is 0.511. The minimum atomic E-state index is -0.572. The zero-order valence-electron chi connectivity index (χ0n) is 9.73. The molecule has 0 saturated carbocycles. The molecular formula is C12H19N3O2. The topological polar surface area (TPSA) is 101 Å². The van der Waals surface area contributed by atoms with E-state index in [2.05, 4.69) is 5.32 Å². The smallest absolute Gasteiger partial charge is 0.237 e. The number of nitrogens with two attached hydrogens (primary N) is 2. The van der Waals surface area contributed by atoms with Crippen molar-refractivity contribution in [3.63, 3.8) is 0 Å². The Labute approximate surface area is 101 Å². The number of nitrogens with one attached hydrogen (secondary N) is 1. The summed E-state index contributed by atoms with van der Waals surface area (Å²) in [5, 5.41) is 11.8. The lowest BCUT2D eigenvalue weighted by atomic mass is 10.1. The molecule has 6 N–H and O–H groups in total. The molecule has 5 nitrogen and oxygen atoms in total.